The Labute approximate surface area is 138 Å². The van der Waals surface area contributed by atoms with Crippen LogP contribution in [0.5, 0.6) is 5.75 Å². The van der Waals surface area contributed by atoms with Gasteiger partial charge in [0.2, 0.25) is 0 Å². The highest BCUT2D eigenvalue weighted by Crippen LogP contribution is 2.36. The van der Waals surface area contributed by atoms with Crippen molar-refractivity contribution < 1.29 is 23.8 Å². The first-order chi connectivity index (χ1) is 11.5. The van der Waals surface area contributed by atoms with Gasteiger partial charge in [-0.05, 0) is 30.2 Å². The Kier molecular flexibility index (Phi) is 4.20. The number of aromatic carboxylic acids is 1. The summed E-state index contributed by atoms with van der Waals surface area (Å²) >= 11 is 0. The number of anilines is 1. The number of hydrogen-bond acceptors (Lipinski definition) is 3. The van der Waals surface area contributed by atoms with Crippen molar-refractivity contribution in [3.8, 4) is 5.75 Å². The molecule has 124 valence electrons. The smallest absolute Gasteiger partial charge is 0.336 e. The zero-order valence-electron chi connectivity index (χ0n) is 13.0. The van der Waals surface area contributed by atoms with Gasteiger partial charge in [-0.1, -0.05) is 25.1 Å². The molecule has 24 heavy (non-hydrogen) atoms. The lowest BCUT2D eigenvalue weighted by atomic mass is 10.0. The van der Waals surface area contributed by atoms with E-state index in [1.807, 2.05) is 6.92 Å². The van der Waals surface area contributed by atoms with Gasteiger partial charge in [-0.25, -0.2) is 9.18 Å². The highest BCUT2D eigenvalue weighted by molar-refractivity contribution is 6.00. The summed E-state index contributed by atoms with van der Waals surface area (Å²) in [6, 6.07) is 10.4. The van der Waals surface area contributed by atoms with Gasteiger partial charge in [-0.3, -0.25) is 4.79 Å². The number of carbonyl (C=O) groups is 2. The molecule has 0 aromatic heterocycles. The molecule has 0 fully saturated rings. The van der Waals surface area contributed by atoms with E-state index in [0.29, 0.717) is 23.4 Å². The summed E-state index contributed by atoms with van der Waals surface area (Å²) in [5.41, 5.74) is 0.901. The highest BCUT2D eigenvalue weighted by atomic mass is 19.1. The Bertz CT molecular complexity index is 805. The van der Waals surface area contributed by atoms with E-state index in [2.05, 4.69) is 0 Å². The fourth-order valence-corrected chi connectivity index (χ4v) is 2.76. The predicted octanol–water partition coefficient (Wildman–Crippen LogP) is 3.23. The van der Waals surface area contributed by atoms with E-state index < -0.39 is 17.9 Å². The van der Waals surface area contributed by atoms with E-state index in [4.69, 9.17) is 4.74 Å². The van der Waals surface area contributed by atoms with Gasteiger partial charge in [0.05, 0.1) is 17.8 Å². The SMILES string of the molecule is CCC1Oc2ccc(F)cc2N(Cc2ccccc2C(=O)O)C1=O. The van der Waals surface area contributed by atoms with Crippen LogP contribution in [0.15, 0.2) is 42.5 Å². The lowest BCUT2D eigenvalue weighted by molar-refractivity contribution is -0.126. The minimum atomic E-state index is -1.07. The zero-order chi connectivity index (χ0) is 17.3. The molecule has 2 aromatic carbocycles. The third kappa shape index (κ3) is 2.82. The molecule has 1 atom stereocenters. The van der Waals surface area contributed by atoms with Crippen molar-refractivity contribution in [1.82, 2.24) is 0 Å². The van der Waals surface area contributed by atoms with Gasteiger partial charge >= 0.3 is 5.97 Å². The predicted molar refractivity (Wildman–Crippen MR) is 85.7 cm³/mol. The second-order valence-electron chi connectivity index (χ2n) is 5.51. The van der Waals surface area contributed by atoms with E-state index in [-0.39, 0.29) is 18.0 Å². The lowest BCUT2D eigenvalue weighted by Gasteiger charge is -2.34. The Morgan fingerprint density at radius 3 is 2.75 bits per heavy atom. The van der Waals surface area contributed by atoms with Gasteiger partial charge < -0.3 is 14.7 Å². The molecule has 0 radical (unpaired) electrons. The van der Waals surface area contributed by atoms with E-state index in [1.54, 1.807) is 18.2 Å². The van der Waals surface area contributed by atoms with Gasteiger partial charge in [0.15, 0.2) is 6.10 Å². The molecule has 1 heterocycles. The van der Waals surface area contributed by atoms with E-state index in [0.717, 1.165) is 0 Å². The van der Waals surface area contributed by atoms with Crippen molar-refractivity contribution in [2.75, 3.05) is 4.90 Å². The number of halogens is 1. The van der Waals surface area contributed by atoms with Crippen LogP contribution >= 0.6 is 0 Å². The fraction of sp³-hybridized carbons (Fsp3) is 0.222. The van der Waals surface area contributed by atoms with Crippen LogP contribution in [0.4, 0.5) is 10.1 Å². The first kappa shape index (κ1) is 16.0. The number of amides is 1. The molecular formula is C18H16FNO4. The Hall–Kier alpha value is -2.89. The largest absolute Gasteiger partial charge is 0.478 e. The molecule has 1 aliphatic rings. The first-order valence-corrected chi connectivity index (χ1v) is 7.60. The number of carboxylic acids is 1. The third-order valence-electron chi connectivity index (χ3n) is 3.97. The quantitative estimate of drug-likeness (QED) is 0.935. The van der Waals surface area contributed by atoms with Crippen molar-refractivity contribution in [3.63, 3.8) is 0 Å². The molecule has 0 saturated carbocycles. The van der Waals surface area contributed by atoms with Crippen LogP contribution in [-0.2, 0) is 11.3 Å². The molecule has 3 rings (SSSR count). The molecule has 1 unspecified atom stereocenters. The van der Waals surface area contributed by atoms with Crippen molar-refractivity contribution in [3.05, 3.63) is 59.4 Å². The van der Waals surface area contributed by atoms with Crippen molar-refractivity contribution >= 4 is 17.6 Å². The van der Waals surface area contributed by atoms with Crippen LogP contribution < -0.4 is 9.64 Å². The van der Waals surface area contributed by atoms with Crippen molar-refractivity contribution in [2.24, 2.45) is 0 Å². The number of nitrogens with zero attached hydrogens (tertiary/aromatic N) is 1. The average Bonchev–Trinajstić information content (AvgIpc) is 2.57. The number of hydrogen-bond donors (Lipinski definition) is 1. The molecule has 0 aliphatic carbocycles. The molecule has 1 amide bonds. The summed E-state index contributed by atoms with van der Waals surface area (Å²) in [4.78, 5) is 25.4. The molecule has 1 aliphatic heterocycles. The molecule has 2 aromatic rings. The van der Waals surface area contributed by atoms with E-state index in [9.17, 15) is 19.1 Å². The second kappa shape index (κ2) is 6.31. The number of ether oxygens (including phenoxy) is 1. The summed E-state index contributed by atoms with van der Waals surface area (Å²) in [5, 5.41) is 9.31. The summed E-state index contributed by atoms with van der Waals surface area (Å²) in [7, 11) is 0. The normalized spacial score (nSPS) is 16.5. The Morgan fingerprint density at radius 2 is 2.04 bits per heavy atom. The molecule has 0 saturated heterocycles. The maximum Gasteiger partial charge on any atom is 0.336 e. The maximum atomic E-state index is 13.6. The maximum absolute atomic E-state index is 13.6. The highest BCUT2D eigenvalue weighted by Gasteiger charge is 2.34. The van der Waals surface area contributed by atoms with Crippen molar-refractivity contribution in [1.29, 1.82) is 0 Å². The number of carboxylic acid groups (broad SMARTS) is 1. The van der Waals surface area contributed by atoms with Crippen LogP contribution in [0.2, 0.25) is 0 Å². The topological polar surface area (TPSA) is 66.8 Å². The van der Waals surface area contributed by atoms with Crippen LogP contribution in [-0.4, -0.2) is 23.1 Å². The van der Waals surface area contributed by atoms with Gasteiger partial charge in [0.1, 0.15) is 11.6 Å². The standard InChI is InChI=1S/C18H16FNO4/c1-2-15-17(21)20(14-9-12(19)7-8-16(14)24-15)10-11-5-3-4-6-13(11)18(22)23/h3-9,15H,2,10H2,1H3,(H,22,23). The second-order valence-corrected chi connectivity index (χ2v) is 5.51. The fourth-order valence-electron chi connectivity index (χ4n) is 2.76. The van der Waals surface area contributed by atoms with Gasteiger partial charge in [-0.2, -0.15) is 0 Å². The monoisotopic (exact) mass is 329 g/mol. The van der Waals surface area contributed by atoms with Crippen molar-refractivity contribution in [2.45, 2.75) is 26.0 Å². The summed E-state index contributed by atoms with van der Waals surface area (Å²) in [5.74, 6) is -1.46. The number of carbonyl (C=O) groups excluding carboxylic acids is 1. The molecule has 0 bridgehead atoms. The Morgan fingerprint density at radius 1 is 1.29 bits per heavy atom. The van der Waals surface area contributed by atoms with Gasteiger partial charge in [0.25, 0.3) is 5.91 Å². The molecule has 5 nitrogen and oxygen atoms in total. The first-order valence-electron chi connectivity index (χ1n) is 7.60. The third-order valence-corrected chi connectivity index (χ3v) is 3.97. The van der Waals surface area contributed by atoms with E-state index >= 15 is 0 Å². The van der Waals surface area contributed by atoms with Crippen LogP contribution in [0.25, 0.3) is 0 Å². The van der Waals surface area contributed by atoms with Crippen LogP contribution in [0.1, 0.15) is 29.3 Å². The summed E-state index contributed by atoms with van der Waals surface area (Å²) in [6.45, 7) is 1.86. The molecule has 6 heteroatoms. The number of benzene rings is 2. The number of fused-ring (bicyclic) bond motifs is 1. The summed E-state index contributed by atoms with van der Waals surface area (Å²) < 4.78 is 19.3. The van der Waals surface area contributed by atoms with Crippen LogP contribution in [0.3, 0.4) is 0 Å². The van der Waals surface area contributed by atoms with Crippen LogP contribution in [0, 0.1) is 5.82 Å². The Balaban J connectivity index is 2.05. The van der Waals surface area contributed by atoms with E-state index in [1.165, 1.54) is 29.2 Å². The summed E-state index contributed by atoms with van der Waals surface area (Å²) in [6.07, 6.45) is -0.202. The average molecular weight is 329 g/mol. The van der Waals surface area contributed by atoms with Gasteiger partial charge in [0, 0.05) is 6.07 Å². The van der Waals surface area contributed by atoms with Gasteiger partial charge in [-0.15, -0.1) is 0 Å². The lowest BCUT2D eigenvalue weighted by Crippen LogP contribution is -2.45. The molecule has 1 N–H and O–H groups in total. The number of rotatable bonds is 4. The zero-order valence-corrected chi connectivity index (χ0v) is 13.0. The minimum absolute atomic E-state index is 0.0393. The minimum Gasteiger partial charge on any atom is -0.478 e. The molecular weight excluding hydrogens is 313 g/mol. The molecule has 0 spiro atoms.